The smallest absolute Gasteiger partial charge is 0.409 e. The summed E-state index contributed by atoms with van der Waals surface area (Å²) in [5.74, 6) is -1.03. The van der Waals surface area contributed by atoms with E-state index in [1.807, 2.05) is 43.3 Å². The van der Waals surface area contributed by atoms with E-state index < -0.39 is 18.9 Å². The lowest BCUT2D eigenvalue weighted by molar-refractivity contribution is -0.140. The summed E-state index contributed by atoms with van der Waals surface area (Å²) in [6, 6.07) is 10.2. The van der Waals surface area contributed by atoms with Crippen molar-refractivity contribution in [1.82, 2.24) is 5.09 Å². The van der Waals surface area contributed by atoms with E-state index in [-0.39, 0.29) is 5.92 Å². The first-order valence-corrected chi connectivity index (χ1v) is 9.72. The van der Waals surface area contributed by atoms with Crippen LogP contribution in [0.25, 0.3) is 10.8 Å². The number of carboxylic acid groups (broad SMARTS) is 1. The maximum atomic E-state index is 12.6. The third-order valence-corrected chi connectivity index (χ3v) is 5.01. The van der Waals surface area contributed by atoms with Crippen LogP contribution in [-0.2, 0) is 9.36 Å². The SMILES string of the molecule is Cc1ccc2ccccc2c1OP(=O)(Cl)NC(C(=O)O)C(C)C. The monoisotopic (exact) mass is 355 g/mol. The molecule has 0 aromatic heterocycles. The van der Waals surface area contributed by atoms with Crippen molar-refractivity contribution < 1.29 is 19.0 Å². The van der Waals surface area contributed by atoms with Crippen LogP contribution in [0.3, 0.4) is 0 Å². The molecule has 0 saturated heterocycles. The average molecular weight is 356 g/mol. The van der Waals surface area contributed by atoms with Gasteiger partial charge in [-0.25, -0.2) is 9.65 Å². The molecule has 7 heteroatoms. The molecule has 0 amide bonds. The summed E-state index contributed by atoms with van der Waals surface area (Å²) in [7, 11) is 0. The Morgan fingerprint density at radius 2 is 1.91 bits per heavy atom. The van der Waals surface area contributed by atoms with Crippen LogP contribution >= 0.6 is 18.1 Å². The fraction of sp³-hybridized carbons (Fsp3) is 0.312. The molecular weight excluding hydrogens is 337 g/mol. The molecule has 0 heterocycles. The van der Waals surface area contributed by atoms with Crippen LogP contribution in [0.2, 0.25) is 0 Å². The third kappa shape index (κ3) is 4.25. The minimum atomic E-state index is -3.87. The van der Waals surface area contributed by atoms with E-state index in [1.54, 1.807) is 13.8 Å². The summed E-state index contributed by atoms with van der Waals surface area (Å²) < 4.78 is 18.1. The van der Waals surface area contributed by atoms with Crippen LogP contribution in [0.5, 0.6) is 5.75 Å². The van der Waals surface area contributed by atoms with Gasteiger partial charge in [0.05, 0.1) is 0 Å². The molecule has 0 aliphatic carbocycles. The number of hydrogen-bond acceptors (Lipinski definition) is 3. The molecule has 0 radical (unpaired) electrons. The second-order valence-corrected chi connectivity index (χ2v) is 8.43. The molecule has 0 spiro atoms. The second kappa shape index (κ2) is 6.91. The van der Waals surface area contributed by atoms with Crippen LogP contribution < -0.4 is 9.61 Å². The van der Waals surface area contributed by atoms with E-state index in [2.05, 4.69) is 5.09 Å². The number of carboxylic acids is 1. The number of rotatable bonds is 6. The zero-order chi connectivity index (χ0) is 17.2. The highest BCUT2D eigenvalue weighted by Crippen LogP contribution is 2.51. The van der Waals surface area contributed by atoms with Crippen molar-refractivity contribution >= 4 is 34.9 Å². The van der Waals surface area contributed by atoms with Gasteiger partial charge in [0.15, 0.2) is 0 Å². The normalized spacial score (nSPS) is 15.3. The average Bonchev–Trinajstić information content (AvgIpc) is 2.47. The summed E-state index contributed by atoms with van der Waals surface area (Å²) in [5, 5.41) is 13.3. The van der Waals surface area contributed by atoms with E-state index in [0.717, 1.165) is 16.3 Å². The highest BCUT2D eigenvalue weighted by atomic mass is 35.7. The molecule has 2 atom stereocenters. The first-order valence-electron chi connectivity index (χ1n) is 7.19. The zero-order valence-electron chi connectivity index (χ0n) is 13.1. The van der Waals surface area contributed by atoms with E-state index in [9.17, 15) is 14.5 Å². The quantitative estimate of drug-likeness (QED) is 0.742. The van der Waals surface area contributed by atoms with Crippen molar-refractivity contribution in [2.45, 2.75) is 26.8 Å². The van der Waals surface area contributed by atoms with Crippen LogP contribution in [0.4, 0.5) is 0 Å². The van der Waals surface area contributed by atoms with E-state index in [1.165, 1.54) is 0 Å². The van der Waals surface area contributed by atoms with Gasteiger partial charge in [-0.2, -0.15) is 0 Å². The summed E-state index contributed by atoms with van der Waals surface area (Å²) in [6.07, 6.45) is 0. The molecule has 2 aromatic carbocycles. The second-order valence-electron chi connectivity index (χ2n) is 5.69. The lowest BCUT2D eigenvalue weighted by Crippen LogP contribution is -2.38. The van der Waals surface area contributed by atoms with Crippen molar-refractivity contribution in [3.63, 3.8) is 0 Å². The van der Waals surface area contributed by atoms with Gasteiger partial charge >= 0.3 is 12.8 Å². The van der Waals surface area contributed by atoms with Gasteiger partial charge in [-0.1, -0.05) is 50.2 Å². The summed E-state index contributed by atoms with van der Waals surface area (Å²) in [5.41, 5.74) is 0.766. The predicted molar refractivity (Wildman–Crippen MR) is 92.2 cm³/mol. The molecule has 23 heavy (non-hydrogen) atoms. The summed E-state index contributed by atoms with van der Waals surface area (Å²) in [6.45, 7) is 1.35. The van der Waals surface area contributed by atoms with Crippen LogP contribution in [0.15, 0.2) is 36.4 Å². The van der Waals surface area contributed by atoms with Crippen LogP contribution in [0, 0.1) is 12.8 Å². The molecule has 124 valence electrons. The third-order valence-electron chi connectivity index (χ3n) is 3.51. The molecule has 0 bridgehead atoms. The maximum absolute atomic E-state index is 12.6. The Kier molecular flexibility index (Phi) is 5.35. The van der Waals surface area contributed by atoms with Crippen molar-refractivity contribution in [2.75, 3.05) is 0 Å². The fourth-order valence-electron chi connectivity index (χ4n) is 2.27. The molecule has 0 fully saturated rings. The Morgan fingerprint density at radius 3 is 2.52 bits per heavy atom. The number of halogens is 1. The Hall–Kier alpha value is -1.55. The molecular formula is C16H19ClNO4P. The first-order chi connectivity index (χ1) is 10.7. The molecule has 2 N–H and O–H groups in total. The topological polar surface area (TPSA) is 75.6 Å². The highest BCUT2D eigenvalue weighted by molar-refractivity contribution is 7.84. The minimum absolute atomic E-state index is 0.295. The van der Waals surface area contributed by atoms with Gasteiger partial charge in [0, 0.05) is 16.6 Å². The van der Waals surface area contributed by atoms with Gasteiger partial charge in [-0.15, -0.1) is 0 Å². The van der Waals surface area contributed by atoms with E-state index >= 15 is 0 Å². The van der Waals surface area contributed by atoms with Gasteiger partial charge < -0.3 is 9.63 Å². The van der Waals surface area contributed by atoms with Crippen molar-refractivity contribution in [3.05, 3.63) is 42.0 Å². The van der Waals surface area contributed by atoms with Crippen LogP contribution in [0.1, 0.15) is 19.4 Å². The minimum Gasteiger partial charge on any atom is -0.480 e. The molecule has 2 unspecified atom stereocenters. The number of aliphatic carboxylic acids is 1. The van der Waals surface area contributed by atoms with Crippen molar-refractivity contribution in [2.24, 2.45) is 5.92 Å². The van der Waals surface area contributed by atoms with Crippen LogP contribution in [-0.4, -0.2) is 17.1 Å². The first kappa shape index (κ1) is 17.8. The van der Waals surface area contributed by atoms with Gasteiger partial charge in [0.25, 0.3) is 0 Å². The Balaban J connectivity index is 2.36. The van der Waals surface area contributed by atoms with Gasteiger partial charge in [0.1, 0.15) is 11.8 Å². The molecule has 5 nitrogen and oxygen atoms in total. The number of carbonyl (C=O) groups is 1. The molecule has 0 aliphatic heterocycles. The lowest BCUT2D eigenvalue weighted by atomic mass is 10.1. The van der Waals surface area contributed by atoms with Crippen molar-refractivity contribution in [1.29, 1.82) is 0 Å². The van der Waals surface area contributed by atoms with Gasteiger partial charge in [-0.05, 0) is 23.8 Å². The van der Waals surface area contributed by atoms with Crippen molar-refractivity contribution in [3.8, 4) is 5.75 Å². The Morgan fingerprint density at radius 1 is 1.26 bits per heavy atom. The molecule has 2 aromatic rings. The molecule has 2 rings (SSSR count). The number of nitrogens with one attached hydrogen (secondary N) is 1. The number of hydrogen-bond donors (Lipinski definition) is 2. The van der Waals surface area contributed by atoms with Gasteiger partial charge in [0.2, 0.25) is 0 Å². The number of aryl methyl sites for hydroxylation is 1. The highest BCUT2D eigenvalue weighted by Gasteiger charge is 2.32. The summed E-state index contributed by atoms with van der Waals surface area (Å²) >= 11 is 5.98. The zero-order valence-corrected chi connectivity index (χ0v) is 14.8. The maximum Gasteiger partial charge on any atom is 0.409 e. The Labute approximate surface area is 139 Å². The lowest BCUT2D eigenvalue weighted by Gasteiger charge is -2.23. The van der Waals surface area contributed by atoms with E-state index in [4.69, 9.17) is 15.8 Å². The largest absolute Gasteiger partial charge is 0.480 e. The fourth-order valence-corrected chi connectivity index (χ4v) is 4.07. The molecule has 0 saturated carbocycles. The number of fused-ring (bicyclic) bond motifs is 1. The van der Waals surface area contributed by atoms with Gasteiger partial charge in [-0.3, -0.25) is 4.79 Å². The van der Waals surface area contributed by atoms with E-state index in [0.29, 0.717) is 5.75 Å². The molecule has 0 aliphatic rings. The Bertz CT molecular complexity index is 778. The summed E-state index contributed by atoms with van der Waals surface area (Å²) in [4.78, 5) is 11.3. The standard InChI is InChI=1S/C16H19ClNO4P/c1-10(2)14(16(19)20)18-23(17,21)22-15-11(3)8-9-12-6-4-5-7-13(12)15/h4-10,14H,1-3H3,(H,18,21)(H,19,20). The predicted octanol–water partition coefficient (Wildman–Crippen LogP) is 4.57. The number of benzene rings is 2.